The molecule has 0 N–H and O–H groups in total. The quantitative estimate of drug-likeness (QED) is 0.0482. The molecule has 230 valence electrons. The van der Waals surface area contributed by atoms with E-state index in [-0.39, 0.29) is 28.1 Å². The van der Waals surface area contributed by atoms with E-state index in [2.05, 4.69) is 27.3 Å². The van der Waals surface area contributed by atoms with Crippen LogP contribution in [0.3, 0.4) is 0 Å². The van der Waals surface area contributed by atoms with Crippen molar-refractivity contribution in [3.05, 3.63) is 79.0 Å². The predicted octanol–water partition coefficient (Wildman–Crippen LogP) is 5.56. The summed E-state index contributed by atoms with van der Waals surface area (Å²) in [5, 5.41) is 0. The van der Waals surface area contributed by atoms with Gasteiger partial charge in [-0.3, -0.25) is 0 Å². The van der Waals surface area contributed by atoms with E-state index in [4.69, 9.17) is 14.2 Å². The third-order valence-corrected chi connectivity index (χ3v) is 9.20. The van der Waals surface area contributed by atoms with E-state index in [0.717, 1.165) is 3.57 Å². The fourth-order valence-electron chi connectivity index (χ4n) is 3.08. The van der Waals surface area contributed by atoms with E-state index in [1.807, 2.05) is 22.6 Å². The second-order valence-corrected chi connectivity index (χ2v) is 13.7. The van der Waals surface area contributed by atoms with E-state index in [1.54, 1.807) is 69.4 Å². The van der Waals surface area contributed by atoms with Crippen molar-refractivity contribution in [1.82, 2.24) is 0 Å². The fraction of sp³-hybridized carbons (Fsp3) is 0.125. The van der Waals surface area contributed by atoms with Crippen molar-refractivity contribution >= 4 is 118 Å². The van der Waals surface area contributed by atoms with Crippen LogP contribution in [0.2, 0.25) is 0 Å². The normalized spacial score (nSPS) is 11.2. The third kappa shape index (κ3) is 8.78. The number of halogens is 8. The summed E-state index contributed by atoms with van der Waals surface area (Å²) in [5.74, 6) is -15.1. The molecule has 0 saturated carbocycles. The third-order valence-electron chi connectivity index (χ3n) is 4.94. The van der Waals surface area contributed by atoms with Crippen molar-refractivity contribution in [2.45, 2.75) is 4.90 Å². The van der Waals surface area contributed by atoms with Crippen LogP contribution in [0.4, 0.5) is 17.6 Å². The Morgan fingerprint density at radius 1 is 0.767 bits per heavy atom. The maximum Gasteiger partial charge on any atom is 0.349 e. The first kappa shape index (κ1) is 35.9. The Bertz CT molecular complexity index is 1690. The Morgan fingerprint density at radius 3 is 1.84 bits per heavy atom. The van der Waals surface area contributed by atoms with Crippen LogP contribution < -0.4 is 9.47 Å². The van der Waals surface area contributed by atoms with Crippen LogP contribution in [-0.4, -0.2) is 50.7 Å². The van der Waals surface area contributed by atoms with Crippen LogP contribution in [0.15, 0.2) is 35.2 Å². The molecule has 0 spiro atoms. The Morgan fingerprint density at radius 2 is 1.30 bits per heavy atom. The molecule has 0 aliphatic rings. The molecule has 0 unspecified atom stereocenters. The van der Waals surface area contributed by atoms with Crippen molar-refractivity contribution < 1.29 is 63.9 Å². The van der Waals surface area contributed by atoms with Gasteiger partial charge in [0.05, 0.1) is 18.3 Å². The van der Waals surface area contributed by atoms with E-state index in [1.165, 1.54) is 6.07 Å². The fourth-order valence-corrected chi connectivity index (χ4v) is 8.18. The largest absolute Gasteiger partial charge is 0.744 e. The molecule has 0 fully saturated rings. The van der Waals surface area contributed by atoms with Gasteiger partial charge in [0.1, 0.15) is 34.0 Å². The van der Waals surface area contributed by atoms with Gasteiger partial charge in [-0.15, -0.1) is 0 Å². The molecular formula is C24H11F4I4O10S-. The molecule has 0 radical (unpaired) electrons. The van der Waals surface area contributed by atoms with Crippen LogP contribution in [0.5, 0.6) is 11.5 Å². The summed E-state index contributed by atoms with van der Waals surface area (Å²) in [6.45, 7) is -1.65. The highest BCUT2D eigenvalue weighted by atomic mass is 127. The number of hydrogen-bond donors (Lipinski definition) is 0. The summed E-state index contributed by atoms with van der Waals surface area (Å²) in [6.07, 6.45) is 0. The summed E-state index contributed by atoms with van der Waals surface area (Å²) >= 11 is 7.43. The molecule has 3 aromatic rings. The van der Waals surface area contributed by atoms with Crippen molar-refractivity contribution in [3.8, 4) is 11.5 Å². The highest BCUT2D eigenvalue weighted by molar-refractivity contribution is 14.1. The molecule has 0 aromatic heterocycles. The second kappa shape index (κ2) is 15.1. The van der Waals surface area contributed by atoms with Gasteiger partial charge in [0.25, 0.3) is 0 Å². The van der Waals surface area contributed by atoms with Gasteiger partial charge in [0.15, 0.2) is 18.2 Å². The number of carbonyl (C=O) groups excluding carboxylic acids is 3. The molecule has 0 aliphatic carbocycles. The van der Waals surface area contributed by atoms with Gasteiger partial charge >= 0.3 is 17.9 Å². The van der Waals surface area contributed by atoms with Gasteiger partial charge in [-0.25, -0.2) is 31.6 Å². The van der Waals surface area contributed by atoms with Crippen LogP contribution in [-0.2, 0) is 24.4 Å². The molecule has 0 atom stereocenters. The van der Waals surface area contributed by atoms with Crippen LogP contribution in [0.25, 0.3) is 0 Å². The Kier molecular flexibility index (Phi) is 12.6. The molecule has 43 heavy (non-hydrogen) atoms. The molecule has 3 aromatic carbocycles. The summed E-state index contributed by atoms with van der Waals surface area (Å²) in [6, 6.07) is 8.06. The first-order valence-electron chi connectivity index (χ1n) is 11.0. The topological polar surface area (TPSA) is 145 Å². The lowest BCUT2D eigenvalue weighted by molar-refractivity contribution is -0.137. The van der Waals surface area contributed by atoms with Crippen molar-refractivity contribution in [2.75, 3.05) is 19.8 Å². The van der Waals surface area contributed by atoms with Crippen LogP contribution in [0.1, 0.15) is 20.7 Å². The minimum absolute atomic E-state index is 0.00425. The van der Waals surface area contributed by atoms with Gasteiger partial charge in [-0.1, -0.05) is 0 Å². The Hall–Kier alpha value is -1.58. The maximum absolute atomic E-state index is 14.2. The molecule has 0 aliphatic heterocycles. The van der Waals surface area contributed by atoms with Crippen LogP contribution in [0, 0.1) is 37.5 Å². The number of esters is 3. The van der Waals surface area contributed by atoms with Crippen molar-refractivity contribution in [2.24, 2.45) is 0 Å². The first-order valence-corrected chi connectivity index (χ1v) is 16.7. The lowest BCUT2D eigenvalue weighted by Crippen LogP contribution is -2.22. The summed E-state index contributed by atoms with van der Waals surface area (Å²) < 4.78 is 111. The van der Waals surface area contributed by atoms with Crippen molar-refractivity contribution in [1.29, 1.82) is 0 Å². The van der Waals surface area contributed by atoms with Gasteiger partial charge in [0, 0.05) is 7.14 Å². The first-order chi connectivity index (χ1) is 20.0. The molecule has 0 saturated heterocycles. The lowest BCUT2D eigenvalue weighted by Gasteiger charge is -2.16. The lowest BCUT2D eigenvalue weighted by atomic mass is 10.2. The van der Waals surface area contributed by atoms with E-state index >= 15 is 0 Å². The summed E-state index contributed by atoms with van der Waals surface area (Å²) in [4.78, 5) is 34.7. The molecule has 0 heterocycles. The molecule has 3 rings (SSSR count). The predicted molar refractivity (Wildman–Crippen MR) is 170 cm³/mol. The molecule has 10 nitrogen and oxygen atoms in total. The van der Waals surface area contributed by atoms with Crippen molar-refractivity contribution in [3.63, 3.8) is 0 Å². The van der Waals surface area contributed by atoms with Gasteiger partial charge in [0.2, 0.25) is 17.4 Å². The average Bonchev–Trinajstić information content (AvgIpc) is 2.91. The van der Waals surface area contributed by atoms with E-state index in [0.29, 0.717) is 12.7 Å². The molecule has 0 bridgehead atoms. The van der Waals surface area contributed by atoms with E-state index < -0.39 is 68.5 Å². The van der Waals surface area contributed by atoms with Gasteiger partial charge < -0.3 is 23.5 Å². The minimum atomic E-state index is -5.96. The number of rotatable bonds is 10. The second-order valence-electron chi connectivity index (χ2n) is 7.77. The monoisotopic (exact) mass is 1070 g/mol. The minimum Gasteiger partial charge on any atom is -0.744 e. The Balaban J connectivity index is 1.68. The number of carbonyl (C=O) groups is 3. The zero-order valence-corrected chi connectivity index (χ0v) is 30.0. The average molecular weight is 1080 g/mol. The molecule has 0 amide bonds. The Labute approximate surface area is 294 Å². The highest BCUT2D eigenvalue weighted by Gasteiger charge is 2.31. The number of ether oxygens (including phenoxy) is 4. The summed E-state index contributed by atoms with van der Waals surface area (Å²) in [7, 11) is -5.96. The highest BCUT2D eigenvalue weighted by Crippen LogP contribution is 2.35. The zero-order chi connectivity index (χ0) is 32.2. The van der Waals surface area contributed by atoms with E-state index in [9.17, 15) is 44.9 Å². The molecular weight excluding hydrogens is 1060 g/mol. The number of hydrogen-bond acceptors (Lipinski definition) is 10. The summed E-state index contributed by atoms with van der Waals surface area (Å²) in [5.41, 5.74) is 0.312. The van der Waals surface area contributed by atoms with Gasteiger partial charge in [-0.2, -0.15) is 8.78 Å². The van der Waals surface area contributed by atoms with Crippen LogP contribution >= 0.6 is 90.4 Å². The molecule has 19 heteroatoms. The smallest absolute Gasteiger partial charge is 0.349 e. The maximum atomic E-state index is 14.2. The zero-order valence-electron chi connectivity index (χ0n) is 20.5. The SMILES string of the molecule is O=C(COc1c(I)cc(I)c(C(=O)OCCOC(=O)c2ccc(I)cc2)c1I)Oc1c(F)c(F)c(S(=O)(=O)[O-])c(F)c1F. The van der Waals surface area contributed by atoms with Gasteiger partial charge in [-0.05, 0) is 121 Å². The standard InChI is InChI=1S/C24H12F4I4O10S/c25-15-17(27)22(43(36,37)38)18(28)16(26)21(15)42-13(33)8-41-20-12(31)7-11(30)14(19(20)32)24(35)40-6-5-39-23(34)9-1-3-10(29)4-2-9/h1-4,7H,5-6,8H2,(H,36,37,38)/p-1. The number of benzene rings is 3.